The molecule has 0 heterocycles. The van der Waals surface area contributed by atoms with Gasteiger partial charge in [-0.1, -0.05) is 251 Å². The van der Waals surface area contributed by atoms with Crippen LogP contribution < -0.4 is 28.4 Å². The molecule has 0 aliphatic heterocycles. The van der Waals surface area contributed by atoms with Crippen LogP contribution in [0.25, 0.3) is 0 Å². The van der Waals surface area contributed by atoms with Crippen LogP contribution in [0, 0.1) is 0 Å². The Balaban J connectivity index is 1.26. The molecule has 0 saturated heterocycles. The van der Waals surface area contributed by atoms with E-state index >= 15 is 9.59 Å². The molecule has 0 N–H and O–H groups in total. The predicted molar refractivity (Wildman–Crippen MR) is 298 cm³/mol. The van der Waals surface area contributed by atoms with Crippen molar-refractivity contribution in [3.05, 3.63) is 178 Å². The quantitative estimate of drug-likeness (QED) is 0.0359. The van der Waals surface area contributed by atoms with Gasteiger partial charge in [-0.05, 0) is 47.2 Å². The number of carbonyl (C=O) groups excluding carboxylic acids is 2. The van der Waals surface area contributed by atoms with Crippen LogP contribution in [0.15, 0.2) is 133 Å². The third-order valence-electron chi connectivity index (χ3n) is 13.8. The lowest BCUT2D eigenvalue weighted by Gasteiger charge is -2.27. The minimum Gasteiger partial charge on any atom is -0.489 e. The molecule has 0 aromatic heterocycles. The summed E-state index contributed by atoms with van der Waals surface area (Å²) in [7, 11) is 0. The Morgan fingerprint density at radius 3 is 0.865 bits per heavy atom. The van der Waals surface area contributed by atoms with Gasteiger partial charge in [0, 0.05) is 11.1 Å². The molecule has 0 bridgehead atoms. The summed E-state index contributed by atoms with van der Waals surface area (Å²) in [5, 5.41) is 0. The zero-order valence-corrected chi connectivity index (χ0v) is 44.4. The fourth-order valence-electron chi connectivity index (χ4n) is 9.53. The minimum atomic E-state index is -0.394. The molecule has 6 aromatic carbocycles. The second-order valence-electron chi connectivity index (χ2n) is 19.7. The van der Waals surface area contributed by atoms with Gasteiger partial charge >= 0.3 is 0 Å². The average Bonchev–Trinajstić information content (AvgIpc) is 3.44. The molecule has 0 unspecified atom stereocenters. The van der Waals surface area contributed by atoms with Crippen LogP contribution in [0.3, 0.4) is 0 Å². The van der Waals surface area contributed by atoms with Gasteiger partial charge in [0.25, 0.3) is 0 Å². The average molecular weight is 1000 g/mol. The van der Waals surface area contributed by atoms with Crippen LogP contribution in [0.2, 0.25) is 0 Å². The van der Waals surface area contributed by atoms with Gasteiger partial charge in [0.2, 0.25) is 11.5 Å². The Hall–Kier alpha value is -6.54. The van der Waals surface area contributed by atoms with E-state index in [2.05, 4.69) is 13.8 Å². The van der Waals surface area contributed by atoms with E-state index in [0.29, 0.717) is 24.7 Å². The first-order chi connectivity index (χ1) is 36.6. The topological polar surface area (TPSA) is 89.5 Å². The molecule has 1 aliphatic carbocycles. The number of unbranched alkanes of at least 4 members (excludes halogenated alkanes) is 18. The zero-order valence-electron chi connectivity index (χ0n) is 44.4. The summed E-state index contributed by atoms with van der Waals surface area (Å²) < 4.78 is 40.2. The monoisotopic (exact) mass is 1000 g/mol. The summed E-state index contributed by atoms with van der Waals surface area (Å²) in [6.07, 6.45) is 23.3. The van der Waals surface area contributed by atoms with Crippen LogP contribution in [0.1, 0.15) is 196 Å². The summed E-state index contributed by atoms with van der Waals surface area (Å²) in [5.74, 6) is 0.784. The lowest BCUT2D eigenvalue weighted by Crippen LogP contribution is -2.25. The van der Waals surface area contributed by atoms with E-state index in [4.69, 9.17) is 28.4 Å². The lowest BCUT2D eigenvalue weighted by molar-refractivity contribution is 0.0968. The van der Waals surface area contributed by atoms with Gasteiger partial charge in [-0.2, -0.15) is 0 Å². The van der Waals surface area contributed by atoms with E-state index in [9.17, 15) is 0 Å². The lowest BCUT2D eigenvalue weighted by atomic mass is 9.82. The van der Waals surface area contributed by atoms with Crippen LogP contribution in [0.5, 0.6) is 34.5 Å². The van der Waals surface area contributed by atoms with Crippen molar-refractivity contribution in [3.8, 4) is 34.5 Å². The molecule has 8 nitrogen and oxygen atoms in total. The van der Waals surface area contributed by atoms with Gasteiger partial charge in [0.05, 0.1) is 24.3 Å². The third kappa shape index (κ3) is 16.7. The van der Waals surface area contributed by atoms with E-state index in [0.717, 1.165) is 60.8 Å². The number of carbonyl (C=O) groups is 2. The largest absolute Gasteiger partial charge is 0.489 e. The highest BCUT2D eigenvalue weighted by atomic mass is 16.5. The Morgan fingerprint density at radius 1 is 0.297 bits per heavy atom. The maximum absolute atomic E-state index is 15.6. The normalized spacial score (nSPS) is 11.8. The first-order valence-corrected chi connectivity index (χ1v) is 28.0. The molecule has 6 aromatic rings. The van der Waals surface area contributed by atoms with Crippen molar-refractivity contribution in [2.24, 2.45) is 0 Å². The van der Waals surface area contributed by atoms with E-state index < -0.39 is 11.6 Å². The highest BCUT2D eigenvalue weighted by Gasteiger charge is 2.41. The Morgan fingerprint density at radius 2 is 0.568 bits per heavy atom. The molecule has 0 radical (unpaired) electrons. The van der Waals surface area contributed by atoms with Gasteiger partial charge in [0.1, 0.15) is 26.4 Å². The number of hydrogen-bond donors (Lipinski definition) is 0. The molecule has 0 atom stereocenters. The number of rotatable bonds is 36. The van der Waals surface area contributed by atoms with Crippen molar-refractivity contribution in [1.82, 2.24) is 0 Å². The smallest absolute Gasteiger partial charge is 0.204 e. The summed E-state index contributed by atoms with van der Waals surface area (Å²) in [6, 6.07) is 42.8. The summed E-state index contributed by atoms with van der Waals surface area (Å²) in [5.41, 5.74) is 4.32. The molecule has 392 valence electrons. The fourth-order valence-corrected chi connectivity index (χ4v) is 9.53. The van der Waals surface area contributed by atoms with E-state index in [1.54, 1.807) is 12.1 Å². The van der Waals surface area contributed by atoms with Crippen molar-refractivity contribution in [3.63, 3.8) is 0 Å². The highest BCUT2D eigenvalue weighted by Crippen LogP contribution is 2.51. The Kier molecular flexibility index (Phi) is 23.3. The van der Waals surface area contributed by atoms with E-state index in [1.807, 2.05) is 121 Å². The van der Waals surface area contributed by atoms with Crippen molar-refractivity contribution in [1.29, 1.82) is 0 Å². The summed E-state index contributed by atoms with van der Waals surface area (Å²) in [4.78, 5) is 31.3. The van der Waals surface area contributed by atoms with Gasteiger partial charge in [-0.25, -0.2) is 0 Å². The van der Waals surface area contributed by atoms with Crippen molar-refractivity contribution >= 4 is 11.6 Å². The van der Waals surface area contributed by atoms with Crippen LogP contribution in [0.4, 0.5) is 0 Å². The summed E-state index contributed by atoms with van der Waals surface area (Å²) in [6.45, 7) is 5.92. The highest BCUT2D eigenvalue weighted by molar-refractivity contribution is 6.31. The molecular formula is C66H80O8. The first kappa shape index (κ1) is 55.2. The number of ketones is 2. The van der Waals surface area contributed by atoms with E-state index in [-0.39, 0.29) is 71.7 Å². The van der Waals surface area contributed by atoms with E-state index in [1.165, 1.54) is 89.9 Å². The summed E-state index contributed by atoms with van der Waals surface area (Å²) >= 11 is 0. The molecule has 0 amide bonds. The number of benzene rings is 6. The number of ether oxygens (including phenoxy) is 6. The van der Waals surface area contributed by atoms with Gasteiger partial charge in [0.15, 0.2) is 34.6 Å². The van der Waals surface area contributed by atoms with Crippen molar-refractivity contribution in [2.45, 2.75) is 169 Å². The molecular weight excluding hydrogens is 921 g/mol. The fraction of sp³-hybridized carbons (Fsp3) is 0.424. The predicted octanol–water partition coefficient (Wildman–Crippen LogP) is 17.4. The maximum Gasteiger partial charge on any atom is 0.204 e. The van der Waals surface area contributed by atoms with Gasteiger partial charge in [-0.15, -0.1) is 0 Å². The van der Waals surface area contributed by atoms with Gasteiger partial charge in [-0.3, -0.25) is 9.59 Å². The minimum absolute atomic E-state index is 0.136. The molecule has 8 heteroatoms. The molecule has 0 fully saturated rings. The second-order valence-corrected chi connectivity index (χ2v) is 19.7. The number of hydrogen-bond acceptors (Lipinski definition) is 8. The van der Waals surface area contributed by atoms with Crippen LogP contribution in [-0.2, 0) is 26.4 Å². The number of fused-ring (bicyclic) bond motifs is 2. The zero-order chi connectivity index (χ0) is 51.4. The standard InChI is InChI=1S/C66H80O8/c1-3-5-7-9-11-13-15-17-19-33-43-69-65-59-55(45-57(71-47-51-35-25-21-26-36-51)63(65)73-49-53-39-29-23-30-40-53)62(68)60-56(61(59)67)46-58(72-48-52-37-27-22-28-38-52)64(74-50-54-41-31-24-32-42-54)66(60)70-44-34-20-18-16-14-12-10-8-6-4-2/h21-32,35-42,45-46H,3-20,33-34,43-44,47-50H2,1-2H3. The van der Waals surface area contributed by atoms with Crippen LogP contribution in [-0.4, -0.2) is 24.8 Å². The molecule has 7 rings (SSSR count). The second kappa shape index (κ2) is 31.3. The maximum atomic E-state index is 15.6. The van der Waals surface area contributed by atoms with Crippen LogP contribution >= 0.6 is 0 Å². The molecule has 74 heavy (non-hydrogen) atoms. The first-order valence-electron chi connectivity index (χ1n) is 28.0. The SMILES string of the molecule is CCCCCCCCCCCCOc1c(OCc2ccccc2)c(OCc2ccccc2)cc2c1C(=O)c1cc(OCc3ccccc3)c(OCc3ccccc3)c(OCCCCCCCCCCCC)c1C2=O. The molecule has 0 saturated carbocycles. The molecule has 0 spiro atoms. The Labute approximate surface area is 442 Å². The van der Waals surface area contributed by atoms with Crippen molar-refractivity contribution < 1.29 is 38.0 Å². The van der Waals surface area contributed by atoms with Crippen molar-refractivity contribution in [2.75, 3.05) is 13.2 Å². The molecule has 1 aliphatic rings. The third-order valence-corrected chi connectivity index (χ3v) is 13.8. The Bertz CT molecular complexity index is 2400. The van der Waals surface area contributed by atoms with Gasteiger partial charge < -0.3 is 28.4 Å².